The summed E-state index contributed by atoms with van der Waals surface area (Å²) in [5.74, 6) is 0.629. The van der Waals surface area contributed by atoms with Crippen LogP contribution < -0.4 is 4.72 Å². The summed E-state index contributed by atoms with van der Waals surface area (Å²) in [7, 11) is -3.34. The Balaban J connectivity index is 1.96. The first-order chi connectivity index (χ1) is 8.23. The third-order valence-corrected chi connectivity index (χ3v) is 6.89. The lowest BCUT2D eigenvalue weighted by atomic mass is 9.67. The number of hydrogen-bond donors (Lipinski definition) is 1. The zero-order chi connectivity index (χ0) is 13.6. The molecule has 2 unspecified atom stereocenters. The maximum Gasteiger partial charge on any atom is 0.279 e. The lowest BCUT2D eigenvalue weighted by Gasteiger charge is -2.49. The van der Waals surface area contributed by atoms with E-state index in [9.17, 15) is 8.42 Å². The summed E-state index contributed by atoms with van der Waals surface area (Å²) < 4.78 is 28.9. The van der Waals surface area contributed by atoms with Crippen LogP contribution in [0, 0.1) is 11.3 Å². The van der Waals surface area contributed by atoms with Gasteiger partial charge in [0.25, 0.3) is 10.2 Å². The van der Waals surface area contributed by atoms with Gasteiger partial charge in [0.15, 0.2) is 0 Å². The van der Waals surface area contributed by atoms with E-state index in [1.54, 1.807) is 4.31 Å². The molecule has 1 aliphatic heterocycles. The summed E-state index contributed by atoms with van der Waals surface area (Å²) in [6, 6.07) is -0.0376. The number of nitrogens with one attached hydrogen (secondary N) is 1. The Morgan fingerprint density at radius 2 is 1.83 bits per heavy atom. The van der Waals surface area contributed by atoms with E-state index in [1.807, 2.05) is 13.8 Å². The Bertz CT molecular complexity index is 402. The fraction of sp³-hybridized carbons (Fsp3) is 1.00. The SMILES string of the molecule is CC1CCN(S(=O)(=O)NC2CC(Cl)C2(C)C)CC1. The molecule has 1 aliphatic carbocycles. The van der Waals surface area contributed by atoms with Crippen LogP contribution in [0.3, 0.4) is 0 Å². The maximum atomic E-state index is 12.3. The monoisotopic (exact) mass is 294 g/mol. The number of alkyl halides is 1. The van der Waals surface area contributed by atoms with Gasteiger partial charge in [0.2, 0.25) is 0 Å². The van der Waals surface area contributed by atoms with Crippen molar-refractivity contribution in [2.75, 3.05) is 13.1 Å². The van der Waals surface area contributed by atoms with E-state index in [0.717, 1.165) is 19.3 Å². The van der Waals surface area contributed by atoms with Gasteiger partial charge in [-0.2, -0.15) is 17.4 Å². The number of nitrogens with zero attached hydrogens (tertiary/aromatic N) is 1. The van der Waals surface area contributed by atoms with Gasteiger partial charge in [-0.1, -0.05) is 20.8 Å². The molecule has 0 aromatic carbocycles. The van der Waals surface area contributed by atoms with Crippen molar-refractivity contribution >= 4 is 21.8 Å². The van der Waals surface area contributed by atoms with Crippen molar-refractivity contribution in [1.82, 2.24) is 9.03 Å². The smallest absolute Gasteiger partial charge is 0.198 e. The maximum absolute atomic E-state index is 12.3. The van der Waals surface area contributed by atoms with Crippen molar-refractivity contribution in [1.29, 1.82) is 0 Å². The Labute approximate surface area is 115 Å². The molecule has 2 fully saturated rings. The topological polar surface area (TPSA) is 49.4 Å². The van der Waals surface area contributed by atoms with Crippen molar-refractivity contribution in [3.05, 3.63) is 0 Å². The van der Waals surface area contributed by atoms with Crippen LogP contribution in [0.5, 0.6) is 0 Å². The molecule has 1 saturated carbocycles. The van der Waals surface area contributed by atoms with E-state index in [2.05, 4.69) is 11.6 Å². The first-order valence-electron chi connectivity index (χ1n) is 6.65. The molecule has 4 nitrogen and oxygen atoms in total. The minimum Gasteiger partial charge on any atom is -0.198 e. The highest BCUT2D eigenvalue weighted by Crippen LogP contribution is 2.44. The summed E-state index contributed by atoms with van der Waals surface area (Å²) in [6.45, 7) is 7.46. The molecule has 0 aromatic rings. The highest BCUT2D eigenvalue weighted by atomic mass is 35.5. The Morgan fingerprint density at radius 3 is 2.28 bits per heavy atom. The average Bonchev–Trinajstić information content (AvgIpc) is 2.29. The zero-order valence-electron chi connectivity index (χ0n) is 11.3. The van der Waals surface area contributed by atoms with Crippen molar-refractivity contribution in [3.8, 4) is 0 Å². The van der Waals surface area contributed by atoms with Crippen LogP contribution in [0.15, 0.2) is 0 Å². The van der Waals surface area contributed by atoms with Crippen molar-refractivity contribution < 1.29 is 8.42 Å². The van der Waals surface area contributed by atoms with Crippen LogP contribution in [0.4, 0.5) is 0 Å². The predicted molar refractivity (Wildman–Crippen MR) is 73.9 cm³/mol. The Kier molecular flexibility index (Phi) is 3.99. The molecule has 18 heavy (non-hydrogen) atoms. The van der Waals surface area contributed by atoms with E-state index in [-0.39, 0.29) is 16.8 Å². The second-order valence-electron chi connectivity index (χ2n) is 6.28. The van der Waals surface area contributed by atoms with Crippen molar-refractivity contribution in [2.45, 2.75) is 51.5 Å². The van der Waals surface area contributed by atoms with E-state index in [4.69, 9.17) is 11.6 Å². The molecule has 2 atom stereocenters. The molecule has 1 heterocycles. The van der Waals surface area contributed by atoms with Gasteiger partial charge in [0.1, 0.15) is 0 Å². The summed E-state index contributed by atoms with van der Waals surface area (Å²) in [5.41, 5.74) is -0.155. The van der Waals surface area contributed by atoms with E-state index >= 15 is 0 Å². The highest BCUT2D eigenvalue weighted by molar-refractivity contribution is 7.87. The van der Waals surface area contributed by atoms with Gasteiger partial charge in [-0.3, -0.25) is 0 Å². The van der Waals surface area contributed by atoms with E-state index in [0.29, 0.717) is 19.0 Å². The molecule has 1 saturated heterocycles. The highest BCUT2D eigenvalue weighted by Gasteiger charge is 2.49. The molecule has 0 bridgehead atoms. The number of hydrogen-bond acceptors (Lipinski definition) is 2. The summed E-state index contributed by atoms with van der Waals surface area (Å²) in [5, 5.41) is 0.0616. The number of halogens is 1. The second kappa shape index (κ2) is 4.93. The quantitative estimate of drug-likeness (QED) is 0.809. The minimum absolute atomic E-state index is 0.0376. The molecule has 6 heteroatoms. The van der Waals surface area contributed by atoms with Gasteiger partial charge in [-0.25, -0.2) is 0 Å². The number of rotatable bonds is 3. The third kappa shape index (κ3) is 2.69. The van der Waals surface area contributed by atoms with Gasteiger partial charge in [-0.05, 0) is 30.6 Å². The summed E-state index contributed by atoms with van der Waals surface area (Å²) >= 11 is 6.12. The van der Waals surface area contributed by atoms with Crippen LogP contribution in [-0.2, 0) is 10.2 Å². The Morgan fingerprint density at radius 1 is 1.28 bits per heavy atom. The molecular weight excluding hydrogens is 272 g/mol. The molecule has 0 spiro atoms. The molecule has 1 N–H and O–H groups in total. The van der Waals surface area contributed by atoms with Gasteiger partial charge in [0, 0.05) is 24.5 Å². The lowest BCUT2D eigenvalue weighted by Crippen LogP contribution is -2.61. The molecule has 0 amide bonds. The molecule has 0 aromatic heterocycles. The van der Waals surface area contributed by atoms with Crippen molar-refractivity contribution in [2.24, 2.45) is 11.3 Å². The largest absolute Gasteiger partial charge is 0.279 e. The fourth-order valence-electron chi connectivity index (χ4n) is 2.55. The summed E-state index contributed by atoms with van der Waals surface area (Å²) in [6.07, 6.45) is 2.62. The Hall–Kier alpha value is 0.160. The van der Waals surface area contributed by atoms with Crippen LogP contribution in [0.2, 0.25) is 0 Å². The van der Waals surface area contributed by atoms with Crippen molar-refractivity contribution in [3.63, 3.8) is 0 Å². The van der Waals surface area contributed by atoms with Crippen LogP contribution in [0.25, 0.3) is 0 Å². The van der Waals surface area contributed by atoms with Gasteiger partial charge < -0.3 is 0 Å². The summed E-state index contributed by atoms with van der Waals surface area (Å²) in [4.78, 5) is 0. The third-order valence-electron chi connectivity index (χ3n) is 4.52. The van der Waals surface area contributed by atoms with Gasteiger partial charge in [0.05, 0.1) is 0 Å². The normalized spacial score (nSPS) is 34.2. The zero-order valence-corrected chi connectivity index (χ0v) is 12.9. The molecule has 2 aliphatic rings. The first-order valence-corrected chi connectivity index (χ1v) is 8.52. The molecule has 0 radical (unpaired) electrons. The molecule has 2 rings (SSSR count). The van der Waals surface area contributed by atoms with Gasteiger partial charge >= 0.3 is 0 Å². The predicted octanol–water partition coefficient (Wildman–Crippen LogP) is 1.96. The second-order valence-corrected chi connectivity index (χ2v) is 8.51. The number of piperidine rings is 1. The molecule has 106 valence electrons. The standard InChI is InChI=1S/C12H23ClN2O2S/c1-9-4-6-15(7-5-9)18(16,17)14-11-8-10(13)12(11,2)3/h9-11,14H,4-8H2,1-3H3. The minimum atomic E-state index is -3.34. The van der Waals surface area contributed by atoms with Crippen LogP contribution >= 0.6 is 11.6 Å². The molecular formula is C12H23ClN2O2S. The first kappa shape index (κ1) is 14.6. The van der Waals surface area contributed by atoms with Gasteiger partial charge in [-0.15, -0.1) is 11.6 Å². The van der Waals surface area contributed by atoms with E-state index in [1.165, 1.54) is 0 Å². The van der Waals surface area contributed by atoms with Crippen LogP contribution in [-0.4, -0.2) is 37.2 Å². The van der Waals surface area contributed by atoms with E-state index < -0.39 is 10.2 Å². The van der Waals surface area contributed by atoms with Crippen LogP contribution in [0.1, 0.15) is 40.0 Å². The average molecular weight is 295 g/mol. The fourth-order valence-corrected chi connectivity index (χ4v) is 4.48. The lowest BCUT2D eigenvalue weighted by molar-refractivity contribution is 0.134.